The van der Waals surface area contributed by atoms with Gasteiger partial charge in [-0.05, 0) is 75.8 Å². The summed E-state index contributed by atoms with van der Waals surface area (Å²) in [4.78, 5) is 18.3. The molecule has 1 aliphatic rings. The number of hydrogen-bond donors (Lipinski definition) is 1. The summed E-state index contributed by atoms with van der Waals surface area (Å²) in [6.07, 6.45) is 7.15. The van der Waals surface area contributed by atoms with Gasteiger partial charge in [-0.3, -0.25) is 4.98 Å². The number of hydrogen-bond acceptors (Lipinski definition) is 8. The van der Waals surface area contributed by atoms with Crippen molar-refractivity contribution < 1.29 is 8.42 Å². The van der Waals surface area contributed by atoms with Gasteiger partial charge >= 0.3 is 0 Å². The number of benzene rings is 2. The number of rotatable bonds is 6. The highest BCUT2D eigenvalue weighted by molar-refractivity contribution is 7.90. The molecule has 1 N–H and O–H groups in total. The Balaban J connectivity index is 1.28. The molecular weight excluding hydrogens is 510 g/mol. The molecule has 6 rings (SSSR count). The molecule has 4 heterocycles. The van der Waals surface area contributed by atoms with E-state index in [1.54, 1.807) is 36.8 Å². The number of piperidine rings is 1. The van der Waals surface area contributed by atoms with Crippen LogP contribution in [-0.4, -0.2) is 65.5 Å². The van der Waals surface area contributed by atoms with E-state index in [0.29, 0.717) is 28.5 Å². The Hall–Kier alpha value is -4.02. The van der Waals surface area contributed by atoms with Gasteiger partial charge in [-0.2, -0.15) is 4.98 Å². The summed E-state index contributed by atoms with van der Waals surface area (Å²) in [5, 5.41) is 4.67. The van der Waals surface area contributed by atoms with Crippen molar-refractivity contribution in [2.45, 2.75) is 30.7 Å². The van der Waals surface area contributed by atoms with E-state index in [0.717, 1.165) is 42.6 Å². The van der Waals surface area contributed by atoms with Crippen LogP contribution in [-0.2, 0) is 10.0 Å². The summed E-state index contributed by atoms with van der Waals surface area (Å²) in [5.41, 5.74) is 3.54. The first-order valence-corrected chi connectivity index (χ1v) is 14.5. The van der Waals surface area contributed by atoms with Gasteiger partial charge in [-0.15, -0.1) is 0 Å². The van der Waals surface area contributed by atoms with E-state index in [4.69, 9.17) is 0 Å². The van der Waals surface area contributed by atoms with E-state index in [-0.39, 0.29) is 4.90 Å². The Morgan fingerprint density at radius 3 is 2.46 bits per heavy atom. The monoisotopic (exact) mass is 541 g/mol. The average molecular weight is 542 g/mol. The van der Waals surface area contributed by atoms with Gasteiger partial charge in [0.1, 0.15) is 4.90 Å². The standard InChI is InChI=1S/C29H31N7O2S/c1-20-19-36(39(37,38)26-8-4-6-21-7-5-15-30-27(21)26)28-25(20)18-31-29(33-28)32-22-9-11-24(12-10-22)35-16-13-23(14-17-35)34(2)3/h4-12,15,18-19,23H,13-14,16-17H2,1-3H3,(H,31,32,33). The minimum Gasteiger partial charge on any atom is -0.371 e. The van der Waals surface area contributed by atoms with Crippen LogP contribution in [0.3, 0.4) is 0 Å². The van der Waals surface area contributed by atoms with Crippen molar-refractivity contribution in [3.05, 3.63) is 78.8 Å². The molecule has 2 aromatic carbocycles. The molecule has 0 amide bonds. The summed E-state index contributed by atoms with van der Waals surface area (Å²) in [6.45, 7) is 3.92. The second kappa shape index (κ2) is 9.94. The molecule has 1 saturated heterocycles. The van der Waals surface area contributed by atoms with Crippen LogP contribution in [0.2, 0.25) is 0 Å². The van der Waals surface area contributed by atoms with Crippen LogP contribution in [0.15, 0.2) is 78.1 Å². The zero-order chi connectivity index (χ0) is 27.1. The number of nitrogens with one attached hydrogen (secondary N) is 1. The van der Waals surface area contributed by atoms with Crippen molar-refractivity contribution in [2.75, 3.05) is 37.4 Å². The highest BCUT2D eigenvalue weighted by Gasteiger charge is 2.25. The molecule has 0 radical (unpaired) electrons. The van der Waals surface area contributed by atoms with E-state index < -0.39 is 10.0 Å². The van der Waals surface area contributed by atoms with E-state index in [9.17, 15) is 8.42 Å². The van der Waals surface area contributed by atoms with Gasteiger partial charge in [0.05, 0.1) is 5.52 Å². The van der Waals surface area contributed by atoms with Crippen LogP contribution in [0.4, 0.5) is 17.3 Å². The Labute approximate surface area is 228 Å². The van der Waals surface area contributed by atoms with Gasteiger partial charge in [0, 0.05) is 59.9 Å². The maximum atomic E-state index is 13.8. The van der Waals surface area contributed by atoms with Crippen molar-refractivity contribution in [2.24, 2.45) is 0 Å². The van der Waals surface area contributed by atoms with E-state index in [2.05, 4.69) is 56.3 Å². The molecular formula is C29H31N7O2S. The average Bonchev–Trinajstić information content (AvgIpc) is 3.29. The second-order valence-electron chi connectivity index (χ2n) is 10.2. The molecule has 0 aliphatic carbocycles. The summed E-state index contributed by atoms with van der Waals surface area (Å²) >= 11 is 0. The van der Waals surface area contributed by atoms with E-state index in [1.807, 2.05) is 31.2 Å². The summed E-state index contributed by atoms with van der Waals surface area (Å²) < 4.78 is 28.9. The predicted molar refractivity (Wildman–Crippen MR) is 155 cm³/mol. The molecule has 9 nitrogen and oxygen atoms in total. The molecule has 3 aromatic heterocycles. The maximum Gasteiger partial charge on any atom is 0.271 e. The quantitative estimate of drug-likeness (QED) is 0.328. The van der Waals surface area contributed by atoms with Crippen LogP contribution in [0.1, 0.15) is 18.4 Å². The molecule has 0 spiro atoms. The zero-order valence-corrected chi connectivity index (χ0v) is 23.1. The Bertz CT molecular complexity index is 1750. The summed E-state index contributed by atoms with van der Waals surface area (Å²) in [6, 6.07) is 17.6. The Morgan fingerprint density at radius 1 is 0.974 bits per heavy atom. The number of anilines is 3. The zero-order valence-electron chi connectivity index (χ0n) is 22.2. The lowest BCUT2D eigenvalue weighted by Crippen LogP contribution is -2.41. The highest BCUT2D eigenvalue weighted by Crippen LogP contribution is 2.29. The normalized spacial score (nSPS) is 14.9. The summed E-state index contributed by atoms with van der Waals surface area (Å²) in [5.74, 6) is 0.327. The fourth-order valence-corrected chi connectivity index (χ4v) is 6.83. The van der Waals surface area contributed by atoms with Crippen LogP contribution in [0.5, 0.6) is 0 Å². The van der Waals surface area contributed by atoms with Gasteiger partial charge in [-0.25, -0.2) is 17.4 Å². The first kappa shape index (κ1) is 25.3. The number of nitrogens with zero attached hydrogens (tertiary/aromatic N) is 6. The lowest BCUT2D eigenvalue weighted by molar-refractivity contribution is 0.249. The summed E-state index contributed by atoms with van der Waals surface area (Å²) in [7, 11) is 0.334. The minimum absolute atomic E-state index is 0.135. The topological polar surface area (TPSA) is 96.2 Å². The molecule has 1 fully saturated rings. The highest BCUT2D eigenvalue weighted by atomic mass is 32.2. The van der Waals surface area contributed by atoms with Gasteiger partial charge < -0.3 is 15.1 Å². The minimum atomic E-state index is -3.96. The van der Waals surface area contributed by atoms with Crippen molar-refractivity contribution in [3.63, 3.8) is 0 Å². The predicted octanol–water partition coefficient (Wildman–Crippen LogP) is 4.80. The van der Waals surface area contributed by atoms with Gasteiger partial charge in [0.15, 0.2) is 5.65 Å². The first-order chi connectivity index (χ1) is 18.8. The Morgan fingerprint density at radius 2 is 1.72 bits per heavy atom. The SMILES string of the molecule is Cc1cn(S(=O)(=O)c2cccc3cccnc23)c2nc(Nc3ccc(N4CCC(N(C)C)CC4)cc3)ncc12. The Kier molecular flexibility index (Phi) is 6.44. The number of fused-ring (bicyclic) bond motifs is 2. The number of para-hydroxylation sites is 1. The van der Waals surface area contributed by atoms with Gasteiger partial charge in [0.2, 0.25) is 5.95 Å². The molecule has 39 heavy (non-hydrogen) atoms. The second-order valence-corrected chi connectivity index (χ2v) is 12.0. The molecule has 0 saturated carbocycles. The fraction of sp³-hybridized carbons (Fsp3) is 0.276. The van der Waals surface area contributed by atoms with Crippen molar-refractivity contribution >= 4 is 49.3 Å². The first-order valence-electron chi connectivity index (χ1n) is 13.0. The lowest BCUT2D eigenvalue weighted by atomic mass is 10.0. The fourth-order valence-electron chi connectivity index (χ4n) is 5.28. The van der Waals surface area contributed by atoms with Gasteiger partial charge in [-0.1, -0.05) is 18.2 Å². The third-order valence-electron chi connectivity index (χ3n) is 7.53. The van der Waals surface area contributed by atoms with Crippen LogP contribution in [0, 0.1) is 6.92 Å². The van der Waals surface area contributed by atoms with E-state index in [1.165, 1.54) is 9.66 Å². The molecule has 200 valence electrons. The van der Waals surface area contributed by atoms with Crippen molar-refractivity contribution in [3.8, 4) is 0 Å². The molecule has 0 atom stereocenters. The van der Waals surface area contributed by atoms with Crippen LogP contribution >= 0.6 is 0 Å². The molecule has 0 bridgehead atoms. The van der Waals surface area contributed by atoms with Crippen molar-refractivity contribution in [1.82, 2.24) is 23.8 Å². The third kappa shape index (κ3) is 4.70. The molecule has 5 aromatic rings. The number of aryl methyl sites for hydroxylation is 1. The third-order valence-corrected chi connectivity index (χ3v) is 9.21. The van der Waals surface area contributed by atoms with Gasteiger partial charge in [0.25, 0.3) is 10.0 Å². The number of aromatic nitrogens is 4. The maximum absolute atomic E-state index is 13.8. The lowest BCUT2D eigenvalue weighted by Gasteiger charge is -2.36. The molecule has 10 heteroatoms. The molecule has 0 unspecified atom stereocenters. The van der Waals surface area contributed by atoms with E-state index >= 15 is 0 Å². The van der Waals surface area contributed by atoms with Crippen molar-refractivity contribution in [1.29, 1.82) is 0 Å². The largest absolute Gasteiger partial charge is 0.371 e. The van der Waals surface area contributed by atoms with Crippen LogP contribution in [0.25, 0.3) is 21.9 Å². The smallest absolute Gasteiger partial charge is 0.271 e. The number of pyridine rings is 1. The molecule has 1 aliphatic heterocycles. The van der Waals surface area contributed by atoms with Crippen LogP contribution < -0.4 is 10.2 Å².